The van der Waals surface area contributed by atoms with Gasteiger partial charge in [-0.2, -0.15) is 0 Å². The molecule has 21 heavy (non-hydrogen) atoms. The highest BCUT2D eigenvalue weighted by Gasteiger charge is 2.36. The fourth-order valence-corrected chi connectivity index (χ4v) is 2.47. The predicted molar refractivity (Wildman–Crippen MR) is 77.5 cm³/mol. The molecule has 0 saturated carbocycles. The van der Waals surface area contributed by atoms with Crippen LogP contribution in [0.15, 0.2) is 0 Å². The van der Waals surface area contributed by atoms with Crippen LogP contribution in [-0.4, -0.2) is 52.5 Å². The fourth-order valence-electron chi connectivity index (χ4n) is 2.47. The molecule has 0 aliphatic carbocycles. The molecule has 2 amide bonds. The molecule has 1 rings (SSSR count). The lowest BCUT2D eigenvalue weighted by Crippen LogP contribution is -2.53. The minimum absolute atomic E-state index is 0.365. The third-order valence-electron chi connectivity index (χ3n) is 3.76. The Morgan fingerprint density at radius 2 is 2.10 bits per heavy atom. The number of nitrogens with one attached hydrogen (secondary N) is 1. The zero-order valence-corrected chi connectivity index (χ0v) is 12.7. The molecule has 1 aliphatic rings. The molecular weight excluding hydrogens is 274 g/mol. The van der Waals surface area contributed by atoms with Crippen LogP contribution in [0.2, 0.25) is 0 Å². The van der Waals surface area contributed by atoms with Gasteiger partial charge in [-0.15, -0.1) is 0 Å². The number of hydrogen-bond acceptors (Lipinski definition) is 4. The molecule has 4 N–H and O–H groups in total. The van der Waals surface area contributed by atoms with E-state index >= 15 is 0 Å². The molecule has 1 aliphatic heterocycles. The quantitative estimate of drug-likeness (QED) is 0.616. The average Bonchev–Trinajstić information content (AvgIpc) is 2.93. The van der Waals surface area contributed by atoms with E-state index < -0.39 is 24.1 Å². The van der Waals surface area contributed by atoms with Crippen LogP contribution in [0, 0.1) is 0 Å². The van der Waals surface area contributed by atoms with Crippen molar-refractivity contribution in [2.24, 2.45) is 5.73 Å². The Labute approximate surface area is 124 Å². The van der Waals surface area contributed by atoms with Gasteiger partial charge in [-0.3, -0.25) is 9.59 Å². The van der Waals surface area contributed by atoms with E-state index in [1.54, 1.807) is 6.92 Å². The van der Waals surface area contributed by atoms with Gasteiger partial charge in [0.05, 0.1) is 6.04 Å². The molecule has 0 bridgehead atoms. The number of unbranched alkanes of at least 4 members (excludes halogenated alkanes) is 1. The maximum absolute atomic E-state index is 12.2. The van der Waals surface area contributed by atoms with Crippen LogP contribution in [0.3, 0.4) is 0 Å². The molecule has 0 aromatic heterocycles. The van der Waals surface area contributed by atoms with E-state index in [9.17, 15) is 14.4 Å². The van der Waals surface area contributed by atoms with Crippen molar-refractivity contribution in [3.8, 4) is 0 Å². The molecule has 7 heteroatoms. The summed E-state index contributed by atoms with van der Waals surface area (Å²) in [4.78, 5) is 36.5. The smallest absolute Gasteiger partial charge is 0.326 e. The Balaban J connectivity index is 2.54. The summed E-state index contributed by atoms with van der Waals surface area (Å²) in [7, 11) is 0. The number of amides is 2. The molecule has 7 nitrogen and oxygen atoms in total. The number of likely N-dealkylation sites (tertiary alicyclic amines) is 1. The maximum Gasteiger partial charge on any atom is 0.326 e. The Morgan fingerprint density at radius 1 is 1.43 bits per heavy atom. The molecule has 1 saturated heterocycles. The van der Waals surface area contributed by atoms with Crippen molar-refractivity contribution in [2.45, 2.75) is 64.1 Å². The van der Waals surface area contributed by atoms with Gasteiger partial charge in [0.1, 0.15) is 12.1 Å². The first-order chi connectivity index (χ1) is 9.88. The van der Waals surface area contributed by atoms with Gasteiger partial charge in [0.25, 0.3) is 0 Å². The minimum atomic E-state index is -1.00. The largest absolute Gasteiger partial charge is 0.480 e. The highest BCUT2D eigenvalue weighted by atomic mass is 16.4. The molecule has 0 spiro atoms. The Hall–Kier alpha value is -1.63. The van der Waals surface area contributed by atoms with Gasteiger partial charge in [-0.05, 0) is 26.2 Å². The average molecular weight is 299 g/mol. The van der Waals surface area contributed by atoms with Gasteiger partial charge in [0.2, 0.25) is 11.8 Å². The number of rotatable bonds is 7. The second kappa shape index (κ2) is 7.97. The molecule has 1 fully saturated rings. The monoisotopic (exact) mass is 299 g/mol. The van der Waals surface area contributed by atoms with Crippen LogP contribution in [-0.2, 0) is 14.4 Å². The minimum Gasteiger partial charge on any atom is -0.480 e. The number of carbonyl (C=O) groups is 3. The van der Waals surface area contributed by atoms with Crippen molar-refractivity contribution in [2.75, 3.05) is 6.54 Å². The number of hydrogen-bond donors (Lipinski definition) is 3. The number of carbonyl (C=O) groups excluding carboxylic acids is 2. The highest BCUT2D eigenvalue weighted by molar-refractivity contribution is 5.91. The third kappa shape index (κ3) is 4.70. The molecule has 1 heterocycles. The van der Waals surface area contributed by atoms with E-state index in [1.807, 2.05) is 6.92 Å². The predicted octanol–water partition coefficient (Wildman–Crippen LogP) is 0.0842. The number of carboxylic acid groups (broad SMARTS) is 1. The topological polar surface area (TPSA) is 113 Å². The highest BCUT2D eigenvalue weighted by Crippen LogP contribution is 2.18. The zero-order chi connectivity index (χ0) is 16.0. The van der Waals surface area contributed by atoms with Gasteiger partial charge >= 0.3 is 5.97 Å². The summed E-state index contributed by atoms with van der Waals surface area (Å²) in [5.74, 6) is -1.73. The van der Waals surface area contributed by atoms with Crippen molar-refractivity contribution in [1.29, 1.82) is 0 Å². The van der Waals surface area contributed by atoms with Gasteiger partial charge < -0.3 is 21.1 Å². The van der Waals surface area contributed by atoms with Crippen LogP contribution in [0.1, 0.15) is 46.0 Å². The number of aliphatic carboxylic acids is 1. The lowest BCUT2D eigenvalue weighted by molar-refractivity contribution is -0.149. The second-order valence-electron chi connectivity index (χ2n) is 5.51. The Kier molecular flexibility index (Phi) is 6.61. The fraction of sp³-hybridized carbons (Fsp3) is 0.786. The zero-order valence-electron chi connectivity index (χ0n) is 12.7. The number of nitrogens with two attached hydrogens (primary N) is 1. The van der Waals surface area contributed by atoms with Crippen LogP contribution >= 0.6 is 0 Å². The lowest BCUT2D eigenvalue weighted by atomic mass is 10.1. The summed E-state index contributed by atoms with van der Waals surface area (Å²) in [5, 5.41) is 11.7. The molecule has 3 atom stereocenters. The lowest BCUT2D eigenvalue weighted by Gasteiger charge is -2.26. The van der Waals surface area contributed by atoms with Crippen LogP contribution in [0.4, 0.5) is 0 Å². The van der Waals surface area contributed by atoms with E-state index in [0.717, 1.165) is 12.8 Å². The molecule has 0 unspecified atom stereocenters. The standard InChI is InChI=1S/C14H25N3O4/c1-3-4-6-10(15)12(18)16-9(2)13(19)17-8-5-7-11(17)14(20)21/h9-11H,3-8,15H2,1-2H3,(H,16,18)(H,20,21)/t9-,10-,11-/m0/s1. The third-order valence-corrected chi connectivity index (χ3v) is 3.76. The van der Waals surface area contributed by atoms with Gasteiger partial charge in [-0.25, -0.2) is 4.79 Å². The van der Waals surface area contributed by atoms with Gasteiger partial charge in [0.15, 0.2) is 0 Å². The van der Waals surface area contributed by atoms with Crippen LogP contribution < -0.4 is 11.1 Å². The second-order valence-corrected chi connectivity index (χ2v) is 5.51. The Bertz CT molecular complexity index is 400. The molecule has 120 valence electrons. The van der Waals surface area contributed by atoms with Crippen molar-refractivity contribution in [3.05, 3.63) is 0 Å². The van der Waals surface area contributed by atoms with Crippen LogP contribution in [0.25, 0.3) is 0 Å². The summed E-state index contributed by atoms with van der Waals surface area (Å²) in [6.45, 7) is 3.98. The number of carboxylic acids is 1. The van der Waals surface area contributed by atoms with E-state index in [0.29, 0.717) is 25.8 Å². The van der Waals surface area contributed by atoms with Gasteiger partial charge in [-0.1, -0.05) is 19.8 Å². The maximum atomic E-state index is 12.2. The first-order valence-electron chi connectivity index (χ1n) is 7.47. The molecular formula is C14H25N3O4. The summed E-state index contributed by atoms with van der Waals surface area (Å²) >= 11 is 0. The van der Waals surface area contributed by atoms with Crippen molar-refractivity contribution < 1.29 is 19.5 Å². The molecule has 0 aromatic carbocycles. The summed E-state index contributed by atoms with van der Waals surface area (Å²) in [6.07, 6.45) is 3.50. The van der Waals surface area contributed by atoms with Crippen molar-refractivity contribution >= 4 is 17.8 Å². The molecule has 0 aromatic rings. The Morgan fingerprint density at radius 3 is 2.67 bits per heavy atom. The van der Waals surface area contributed by atoms with E-state index in [2.05, 4.69) is 5.32 Å². The summed E-state index contributed by atoms with van der Waals surface area (Å²) in [5.41, 5.74) is 5.75. The van der Waals surface area contributed by atoms with E-state index in [1.165, 1.54) is 4.90 Å². The first kappa shape index (κ1) is 17.4. The van der Waals surface area contributed by atoms with Gasteiger partial charge in [0, 0.05) is 6.54 Å². The summed E-state index contributed by atoms with van der Waals surface area (Å²) in [6, 6.07) is -2.18. The van der Waals surface area contributed by atoms with Crippen molar-refractivity contribution in [3.63, 3.8) is 0 Å². The van der Waals surface area contributed by atoms with Crippen LogP contribution in [0.5, 0.6) is 0 Å². The summed E-state index contributed by atoms with van der Waals surface area (Å²) < 4.78 is 0. The molecule has 0 radical (unpaired) electrons. The van der Waals surface area contributed by atoms with Crippen molar-refractivity contribution in [1.82, 2.24) is 10.2 Å². The normalized spacial score (nSPS) is 20.9. The first-order valence-corrected chi connectivity index (χ1v) is 7.47. The van der Waals surface area contributed by atoms with E-state index in [4.69, 9.17) is 10.8 Å². The van der Waals surface area contributed by atoms with E-state index in [-0.39, 0.29) is 11.8 Å². The SMILES string of the molecule is CCCC[C@H](N)C(=O)N[C@@H](C)C(=O)N1CCC[C@H]1C(=O)O. The number of nitrogens with zero attached hydrogens (tertiary/aromatic N) is 1.